The molecule has 3 rings (SSSR count). The molecule has 0 bridgehead atoms. The number of anilines is 2. The Hall–Kier alpha value is -2.24. The summed E-state index contributed by atoms with van der Waals surface area (Å²) in [4.78, 5) is 28.6. The summed E-state index contributed by atoms with van der Waals surface area (Å²) in [6.07, 6.45) is 3.54. The lowest BCUT2D eigenvalue weighted by atomic mass is 10.0. The molecule has 0 aliphatic carbocycles. The average Bonchev–Trinajstić information content (AvgIpc) is 2.75. The Labute approximate surface area is 194 Å². The van der Waals surface area contributed by atoms with Crippen LogP contribution in [0, 0.1) is 0 Å². The van der Waals surface area contributed by atoms with Crippen LogP contribution in [0.15, 0.2) is 42.5 Å². The Morgan fingerprint density at radius 2 is 1.87 bits per heavy atom. The van der Waals surface area contributed by atoms with Crippen molar-refractivity contribution >= 4 is 46.4 Å². The van der Waals surface area contributed by atoms with Crippen LogP contribution in [-0.2, 0) is 16.1 Å². The van der Waals surface area contributed by atoms with Crippen molar-refractivity contribution in [1.29, 1.82) is 0 Å². The summed E-state index contributed by atoms with van der Waals surface area (Å²) in [7, 11) is 0. The number of amides is 2. The number of hydrogen-bond donors (Lipinski definition) is 1. The van der Waals surface area contributed by atoms with Gasteiger partial charge in [-0.3, -0.25) is 9.59 Å². The second-order valence-electron chi connectivity index (χ2n) is 7.93. The van der Waals surface area contributed by atoms with Crippen molar-refractivity contribution in [2.75, 3.05) is 23.3 Å². The van der Waals surface area contributed by atoms with Gasteiger partial charge in [-0.15, -0.1) is 0 Å². The van der Waals surface area contributed by atoms with E-state index in [1.165, 1.54) is 6.92 Å². The highest BCUT2D eigenvalue weighted by molar-refractivity contribution is 6.33. The Morgan fingerprint density at radius 3 is 2.52 bits per heavy atom. The molecule has 2 amide bonds. The third-order valence-electron chi connectivity index (χ3n) is 5.55. The molecular formula is C24H29Cl2N3O2. The maximum absolute atomic E-state index is 12.8. The summed E-state index contributed by atoms with van der Waals surface area (Å²) in [5, 5.41) is 4.23. The van der Waals surface area contributed by atoms with Gasteiger partial charge in [0.25, 0.3) is 0 Å². The van der Waals surface area contributed by atoms with Crippen molar-refractivity contribution in [1.82, 2.24) is 4.90 Å². The maximum atomic E-state index is 12.8. The molecule has 1 aliphatic rings. The molecule has 0 unspecified atom stereocenters. The van der Waals surface area contributed by atoms with E-state index in [4.69, 9.17) is 23.2 Å². The van der Waals surface area contributed by atoms with E-state index in [1.54, 1.807) is 11.0 Å². The van der Waals surface area contributed by atoms with Crippen molar-refractivity contribution in [3.63, 3.8) is 0 Å². The summed E-state index contributed by atoms with van der Waals surface area (Å²) >= 11 is 12.6. The third kappa shape index (κ3) is 6.14. The largest absolute Gasteiger partial charge is 0.366 e. The molecule has 1 heterocycles. The number of piperidine rings is 1. The number of carbonyl (C=O) groups is 2. The summed E-state index contributed by atoms with van der Waals surface area (Å²) in [5.74, 6) is -0.226. The first kappa shape index (κ1) is 23.4. The highest BCUT2D eigenvalue weighted by atomic mass is 35.5. The first-order chi connectivity index (χ1) is 14.9. The molecule has 0 spiro atoms. The summed E-state index contributed by atoms with van der Waals surface area (Å²) in [5.41, 5.74) is 2.70. The number of carbonyl (C=O) groups excluding carboxylic acids is 2. The quantitative estimate of drug-likeness (QED) is 0.570. The van der Waals surface area contributed by atoms with Crippen molar-refractivity contribution in [3.05, 3.63) is 58.1 Å². The molecular weight excluding hydrogens is 433 g/mol. The zero-order valence-electron chi connectivity index (χ0n) is 18.0. The lowest BCUT2D eigenvalue weighted by Crippen LogP contribution is -2.49. The van der Waals surface area contributed by atoms with E-state index in [0.29, 0.717) is 35.2 Å². The van der Waals surface area contributed by atoms with Gasteiger partial charge in [0.2, 0.25) is 11.8 Å². The SMILES string of the molecule is CCCN(Cc1ccc(Cl)cc1)c1ccc(NC(=O)[C@H]2CCCCN2C(C)=O)cc1Cl. The molecule has 1 aliphatic heterocycles. The van der Waals surface area contributed by atoms with Crippen LogP contribution in [0.4, 0.5) is 11.4 Å². The van der Waals surface area contributed by atoms with E-state index in [-0.39, 0.29) is 11.8 Å². The first-order valence-corrected chi connectivity index (χ1v) is 11.5. The van der Waals surface area contributed by atoms with Gasteiger partial charge < -0.3 is 15.1 Å². The second kappa shape index (κ2) is 10.9. The second-order valence-corrected chi connectivity index (χ2v) is 8.77. The molecule has 166 valence electrons. The predicted octanol–water partition coefficient (Wildman–Crippen LogP) is 5.75. The number of benzene rings is 2. The lowest BCUT2D eigenvalue weighted by molar-refractivity contribution is -0.138. The van der Waals surface area contributed by atoms with Crippen LogP contribution >= 0.6 is 23.2 Å². The maximum Gasteiger partial charge on any atom is 0.247 e. The normalized spacial score (nSPS) is 16.1. The Balaban J connectivity index is 1.73. The minimum absolute atomic E-state index is 0.0642. The Bertz CT molecular complexity index is 918. The summed E-state index contributed by atoms with van der Waals surface area (Å²) in [6.45, 7) is 5.84. The number of halogens is 2. The Kier molecular flexibility index (Phi) is 8.22. The molecule has 7 heteroatoms. The van der Waals surface area contributed by atoms with Gasteiger partial charge in [-0.1, -0.05) is 42.3 Å². The van der Waals surface area contributed by atoms with Gasteiger partial charge in [0, 0.05) is 37.3 Å². The van der Waals surface area contributed by atoms with E-state index in [2.05, 4.69) is 17.1 Å². The van der Waals surface area contributed by atoms with Crippen molar-refractivity contribution in [2.45, 2.75) is 52.1 Å². The van der Waals surface area contributed by atoms with E-state index in [9.17, 15) is 9.59 Å². The van der Waals surface area contributed by atoms with Crippen LogP contribution in [0.25, 0.3) is 0 Å². The van der Waals surface area contributed by atoms with Crippen LogP contribution in [0.3, 0.4) is 0 Å². The van der Waals surface area contributed by atoms with E-state index in [0.717, 1.165) is 37.1 Å². The minimum atomic E-state index is -0.425. The van der Waals surface area contributed by atoms with Gasteiger partial charge in [-0.25, -0.2) is 0 Å². The molecule has 1 atom stereocenters. The van der Waals surface area contributed by atoms with Gasteiger partial charge in [0.1, 0.15) is 6.04 Å². The number of rotatable bonds is 7. The molecule has 1 fully saturated rings. The van der Waals surface area contributed by atoms with Crippen molar-refractivity contribution < 1.29 is 9.59 Å². The van der Waals surface area contributed by atoms with E-state index >= 15 is 0 Å². The fourth-order valence-corrected chi connectivity index (χ4v) is 4.44. The molecule has 1 saturated heterocycles. The van der Waals surface area contributed by atoms with Gasteiger partial charge in [0.05, 0.1) is 10.7 Å². The van der Waals surface area contributed by atoms with Gasteiger partial charge in [-0.05, 0) is 61.6 Å². The standard InChI is InChI=1S/C24H29Cl2N3O2/c1-3-13-28(16-18-7-9-19(25)10-8-18)22-12-11-20(15-21(22)26)27-24(31)23-6-4-5-14-29(23)17(2)30/h7-12,15,23H,3-6,13-14,16H2,1-2H3,(H,27,31)/t23-/m1/s1. The van der Waals surface area contributed by atoms with Crippen LogP contribution in [0.2, 0.25) is 10.0 Å². The predicted molar refractivity (Wildman–Crippen MR) is 128 cm³/mol. The van der Waals surface area contributed by atoms with E-state index in [1.807, 2.05) is 36.4 Å². The lowest BCUT2D eigenvalue weighted by Gasteiger charge is -2.34. The molecule has 2 aromatic rings. The molecule has 5 nitrogen and oxygen atoms in total. The fourth-order valence-electron chi connectivity index (χ4n) is 4.01. The summed E-state index contributed by atoms with van der Waals surface area (Å²) in [6, 6.07) is 13.0. The number of hydrogen-bond acceptors (Lipinski definition) is 3. The number of nitrogens with zero attached hydrogens (tertiary/aromatic N) is 2. The highest BCUT2D eigenvalue weighted by Crippen LogP contribution is 2.31. The molecule has 31 heavy (non-hydrogen) atoms. The van der Waals surface area contributed by atoms with Gasteiger partial charge in [0.15, 0.2) is 0 Å². The van der Waals surface area contributed by atoms with Crippen molar-refractivity contribution in [2.24, 2.45) is 0 Å². The Morgan fingerprint density at radius 1 is 1.13 bits per heavy atom. The van der Waals surface area contributed by atoms with Crippen LogP contribution in [0.1, 0.15) is 45.1 Å². The topological polar surface area (TPSA) is 52.7 Å². The van der Waals surface area contributed by atoms with Crippen molar-refractivity contribution in [3.8, 4) is 0 Å². The van der Waals surface area contributed by atoms with E-state index < -0.39 is 6.04 Å². The zero-order chi connectivity index (χ0) is 22.4. The van der Waals surface area contributed by atoms with Crippen LogP contribution in [0.5, 0.6) is 0 Å². The zero-order valence-corrected chi connectivity index (χ0v) is 19.5. The molecule has 0 aromatic heterocycles. The monoisotopic (exact) mass is 461 g/mol. The summed E-state index contributed by atoms with van der Waals surface area (Å²) < 4.78 is 0. The number of nitrogens with one attached hydrogen (secondary N) is 1. The molecule has 1 N–H and O–H groups in total. The van der Waals surface area contributed by atoms with Crippen LogP contribution in [-0.4, -0.2) is 35.8 Å². The molecule has 0 radical (unpaired) electrons. The first-order valence-electron chi connectivity index (χ1n) is 10.8. The van der Waals surface area contributed by atoms with Crippen LogP contribution < -0.4 is 10.2 Å². The van der Waals surface area contributed by atoms with Gasteiger partial charge in [-0.2, -0.15) is 0 Å². The van der Waals surface area contributed by atoms with Gasteiger partial charge >= 0.3 is 0 Å². The highest BCUT2D eigenvalue weighted by Gasteiger charge is 2.30. The smallest absolute Gasteiger partial charge is 0.247 e. The fraction of sp³-hybridized carbons (Fsp3) is 0.417. The minimum Gasteiger partial charge on any atom is -0.366 e. The molecule has 2 aromatic carbocycles. The molecule has 0 saturated carbocycles. The average molecular weight is 462 g/mol. The number of likely N-dealkylation sites (tertiary alicyclic amines) is 1. The third-order valence-corrected chi connectivity index (χ3v) is 6.10.